The van der Waals surface area contributed by atoms with Gasteiger partial charge in [0.15, 0.2) is 5.82 Å². The minimum Gasteiger partial charge on any atom is -0.435 e. The first-order chi connectivity index (χ1) is 7.66. The molecule has 1 aromatic heterocycles. The Morgan fingerprint density at radius 1 is 1.31 bits per heavy atom. The summed E-state index contributed by atoms with van der Waals surface area (Å²) in [5.41, 5.74) is 1.10. The molecule has 2 aromatic rings. The molecular formula is C12H9BrFNO. The maximum atomic E-state index is 13.3. The van der Waals surface area contributed by atoms with Crippen LogP contribution in [-0.4, -0.2) is 4.98 Å². The van der Waals surface area contributed by atoms with Gasteiger partial charge in [-0.1, -0.05) is 6.07 Å². The minimum atomic E-state index is -0.477. The van der Waals surface area contributed by atoms with E-state index >= 15 is 0 Å². The monoisotopic (exact) mass is 281 g/mol. The summed E-state index contributed by atoms with van der Waals surface area (Å²) in [6.07, 6.45) is 1.49. The summed E-state index contributed by atoms with van der Waals surface area (Å²) in [5, 5.41) is 0. The van der Waals surface area contributed by atoms with Gasteiger partial charge in [-0.15, -0.1) is 0 Å². The van der Waals surface area contributed by atoms with Crippen molar-refractivity contribution in [1.29, 1.82) is 0 Å². The summed E-state index contributed by atoms with van der Waals surface area (Å²) < 4.78 is 19.4. The van der Waals surface area contributed by atoms with Crippen molar-refractivity contribution in [1.82, 2.24) is 4.98 Å². The van der Waals surface area contributed by atoms with E-state index in [0.29, 0.717) is 5.75 Å². The standard InChI is InChI=1S/C12H9BrFNO/c1-8-4-5-11(9(13)7-8)16-12-10(14)3-2-6-15-12/h2-7H,1H3. The first kappa shape index (κ1) is 11.1. The molecule has 0 bridgehead atoms. The van der Waals surface area contributed by atoms with E-state index in [1.807, 2.05) is 19.1 Å². The third-order valence-corrected chi connectivity index (χ3v) is 2.64. The number of halogens is 2. The number of ether oxygens (including phenoxy) is 1. The molecule has 82 valence electrons. The Hall–Kier alpha value is -1.42. The largest absolute Gasteiger partial charge is 0.435 e. The molecule has 0 unspecified atom stereocenters. The number of nitrogens with zero attached hydrogens (tertiary/aromatic N) is 1. The molecule has 0 radical (unpaired) electrons. The molecule has 0 N–H and O–H groups in total. The molecule has 0 aliphatic carbocycles. The highest BCUT2D eigenvalue weighted by Gasteiger charge is 2.07. The Morgan fingerprint density at radius 3 is 2.81 bits per heavy atom. The van der Waals surface area contributed by atoms with E-state index in [2.05, 4.69) is 20.9 Å². The number of benzene rings is 1. The van der Waals surface area contributed by atoms with Crippen LogP contribution < -0.4 is 4.74 Å². The molecule has 0 atom stereocenters. The second-order valence-corrected chi connectivity index (χ2v) is 4.18. The van der Waals surface area contributed by atoms with Crippen LogP contribution >= 0.6 is 15.9 Å². The van der Waals surface area contributed by atoms with Gasteiger partial charge in [0.05, 0.1) is 4.47 Å². The van der Waals surface area contributed by atoms with Crippen molar-refractivity contribution in [2.24, 2.45) is 0 Å². The maximum absolute atomic E-state index is 13.3. The summed E-state index contributed by atoms with van der Waals surface area (Å²) in [6.45, 7) is 1.97. The van der Waals surface area contributed by atoms with Crippen molar-refractivity contribution in [2.75, 3.05) is 0 Å². The highest BCUT2D eigenvalue weighted by atomic mass is 79.9. The van der Waals surface area contributed by atoms with E-state index in [0.717, 1.165) is 10.0 Å². The van der Waals surface area contributed by atoms with E-state index in [1.54, 1.807) is 6.07 Å². The molecule has 1 aromatic carbocycles. The lowest BCUT2D eigenvalue weighted by atomic mass is 10.2. The molecule has 0 amide bonds. The van der Waals surface area contributed by atoms with Crippen LogP contribution in [-0.2, 0) is 0 Å². The number of hydrogen-bond donors (Lipinski definition) is 0. The lowest BCUT2D eigenvalue weighted by Crippen LogP contribution is -1.92. The van der Waals surface area contributed by atoms with Gasteiger partial charge < -0.3 is 4.74 Å². The van der Waals surface area contributed by atoms with Gasteiger partial charge in [0.1, 0.15) is 5.75 Å². The topological polar surface area (TPSA) is 22.1 Å². The summed E-state index contributed by atoms with van der Waals surface area (Å²) >= 11 is 3.35. The van der Waals surface area contributed by atoms with E-state index in [-0.39, 0.29) is 5.88 Å². The first-order valence-corrected chi connectivity index (χ1v) is 5.50. The molecule has 0 fully saturated rings. The first-order valence-electron chi connectivity index (χ1n) is 4.71. The molecule has 4 heteroatoms. The lowest BCUT2D eigenvalue weighted by Gasteiger charge is -2.07. The fraction of sp³-hybridized carbons (Fsp3) is 0.0833. The number of pyridine rings is 1. The lowest BCUT2D eigenvalue weighted by molar-refractivity contribution is 0.420. The molecule has 2 nitrogen and oxygen atoms in total. The highest BCUT2D eigenvalue weighted by Crippen LogP contribution is 2.30. The van der Waals surface area contributed by atoms with Crippen LogP contribution in [0.3, 0.4) is 0 Å². The predicted octanol–water partition coefficient (Wildman–Crippen LogP) is 4.08. The van der Waals surface area contributed by atoms with Gasteiger partial charge >= 0.3 is 0 Å². The van der Waals surface area contributed by atoms with Gasteiger partial charge in [-0.2, -0.15) is 0 Å². The van der Waals surface area contributed by atoms with Crippen LogP contribution in [0.25, 0.3) is 0 Å². The van der Waals surface area contributed by atoms with Gasteiger partial charge in [-0.25, -0.2) is 9.37 Å². The van der Waals surface area contributed by atoms with Gasteiger partial charge in [0, 0.05) is 6.20 Å². The minimum absolute atomic E-state index is 0.0212. The third kappa shape index (κ3) is 2.39. The fourth-order valence-electron chi connectivity index (χ4n) is 1.24. The Labute approximate surface area is 101 Å². The van der Waals surface area contributed by atoms with Gasteiger partial charge in [-0.05, 0) is 52.7 Å². The summed E-state index contributed by atoms with van der Waals surface area (Å²) in [7, 11) is 0. The van der Waals surface area contributed by atoms with Crippen molar-refractivity contribution >= 4 is 15.9 Å². The number of aryl methyl sites for hydroxylation is 1. The normalized spacial score (nSPS) is 10.2. The zero-order chi connectivity index (χ0) is 11.5. The van der Waals surface area contributed by atoms with Crippen molar-refractivity contribution in [3.63, 3.8) is 0 Å². The zero-order valence-electron chi connectivity index (χ0n) is 8.58. The molecule has 0 aliphatic rings. The van der Waals surface area contributed by atoms with Crippen LogP contribution in [0.4, 0.5) is 4.39 Å². The van der Waals surface area contributed by atoms with Crippen molar-refractivity contribution in [3.8, 4) is 11.6 Å². The average Bonchev–Trinajstić information content (AvgIpc) is 2.25. The predicted molar refractivity (Wildman–Crippen MR) is 63.1 cm³/mol. The average molecular weight is 282 g/mol. The van der Waals surface area contributed by atoms with Crippen LogP contribution in [0.5, 0.6) is 11.6 Å². The molecule has 0 aliphatic heterocycles. The Balaban J connectivity index is 2.31. The van der Waals surface area contributed by atoms with E-state index < -0.39 is 5.82 Å². The van der Waals surface area contributed by atoms with Gasteiger partial charge in [-0.3, -0.25) is 0 Å². The Bertz CT molecular complexity index is 516. The SMILES string of the molecule is Cc1ccc(Oc2ncccc2F)c(Br)c1. The van der Waals surface area contributed by atoms with Gasteiger partial charge in [0.25, 0.3) is 5.88 Å². The molecule has 2 rings (SSSR count). The molecule has 1 heterocycles. The maximum Gasteiger partial charge on any atom is 0.255 e. The fourth-order valence-corrected chi connectivity index (χ4v) is 1.81. The second kappa shape index (κ2) is 4.61. The van der Waals surface area contributed by atoms with Crippen LogP contribution in [0, 0.1) is 12.7 Å². The molecule has 0 saturated heterocycles. The Morgan fingerprint density at radius 2 is 2.12 bits per heavy atom. The number of rotatable bonds is 2. The molecular weight excluding hydrogens is 273 g/mol. The molecule has 0 saturated carbocycles. The molecule has 16 heavy (non-hydrogen) atoms. The quantitative estimate of drug-likeness (QED) is 0.827. The highest BCUT2D eigenvalue weighted by molar-refractivity contribution is 9.10. The third-order valence-electron chi connectivity index (χ3n) is 2.02. The van der Waals surface area contributed by atoms with Crippen LogP contribution in [0.15, 0.2) is 41.0 Å². The Kier molecular flexibility index (Phi) is 3.19. The van der Waals surface area contributed by atoms with Gasteiger partial charge in [0.2, 0.25) is 0 Å². The summed E-state index contributed by atoms with van der Waals surface area (Å²) in [5.74, 6) is 0.0465. The molecule has 0 spiro atoms. The van der Waals surface area contributed by atoms with Crippen molar-refractivity contribution in [2.45, 2.75) is 6.92 Å². The van der Waals surface area contributed by atoms with Crippen LogP contribution in [0.2, 0.25) is 0 Å². The van der Waals surface area contributed by atoms with E-state index in [9.17, 15) is 4.39 Å². The smallest absolute Gasteiger partial charge is 0.255 e. The van der Waals surface area contributed by atoms with E-state index in [1.165, 1.54) is 18.3 Å². The zero-order valence-corrected chi connectivity index (χ0v) is 10.2. The second-order valence-electron chi connectivity index (χ2n) is 3.33. The van der Waals surface area contributed by atoms with E-state index in [4.69, 9.17) is 4.74 Å². The number of aromatic nitrogens is 1. The summed E-state index contributed by atoms with van der Waals surface area (Å²) in [6, 6.07) is 8.39. The van der Waals surface area contributed by atoms with Crippen molar-refractivity contribution in [3.05, 3.63) is 52.4 Å². The number of hydrogen-bond acceptors (Lipinski definition) is 2. The van der Waals surface area contributed by atoms with Crippen LogP contribution in [0.1, 0.15) is 5.56 Å². The van der Waals surface area contributed by atoms with Crippen molar-refractivity contribution < 1.29 is 9.13 Å². The summed E-state index contributed by atoms with van der Waals surface area (Å²) in [4.78, 5) is 3.82.